The van der Waals surface area contributed by atoms with E-state index in [2.05, 4.69) is 5.14 Å². The number of carbonyl (C=O) groups excluding carboxylic acids is 1. The summed E-state index contributed by atoms with van der Waals surface area (Å²) < 4.78 is 22.9. The molecule has 0 aromatic carbocycles. The standard InChI is InChI=1S/C4H9N3O3S/c5-3(8)4(1-2-4)7-11(6,9)10/h7H,1-2H2,(H2,5,8)(H2,6,9,10). The van der Waals surface area contributed by atoms with Crippen LogP contribution in [0.1, 0.15) is 12.8 Å². The van der Waals surface area contributed by atoms with Crippen molar-refractivity contribution >= 4 is 16.1 Å². The van der Waals surface area contributed by atoms with Crippen molar-refractivity contribution in [3.63, 3.8) is 0 Å². The minimum Gasteiger partial charge on any atom is -0.368 e. The summed E-state index contributed by atoms with van der Waals surface area (Å²) in [5.74, 6) is -0.675. The van der Waals surface area contributed by atoms with Crippen LogP contribution in [0.5, 0.6) is 0 Å². The molecule has 0 bridgehead atoms. The molecule has 0 aliphatic heterocycles. The third-order valence-electron chi connectivity index (χ3n) is 1.56. The number of carbonyl (C=O) groups is 1. The molecule has 6 nitrogen and oxygen atoms in total. The Kier molecular flexibility index (Phi) is 1.66. The third kappa shape index (κ3) is 1.88. The normalized spacial score (nSPS) is 21.2. The summed E-state index contributed by atoms with van der Waals surface area (Å²) in [4.78, 5) is 10.6. The van der Waals surface area contributed by atoms with Crippen LogP contribution < -0.4 is 15.6 Å². The summed E-state index contributed by atoms with van der Waals surface area (Å²) in [6.07, 6.45) is 0.859. The van der Waals surface area contributed by atoms with Gasteiger partial charge in [-0.3, -0.25) is 4.79 Å². The Labute approximate surface area is 64.1 Å². The summed E-state index contributed by atoms with van der Waals surface area (Å²) in [5.41, 5.74) is 3.83. The number of rotatable bonds is 3. The molecule has 0 radical (unpaired) electrons. The Hall–Kier alpha value is -0.660. The Balaban J connectivity index is 2.70. The van der Waals surface area contributed by atoms with Gasteiger partial charge in [0.15, 0.2) is 0 Å². The van der Waals surface area contributed by atoms with E-state index in [0.717, 1.165) is 0 Å². The van der Waals surface area contributed by atoms with Crippen molar-refractivity contribution in [3.05, 3.63) is 0 Å². The van der Waals surface area contributed by atoms with Gasteiger partial charge >= 0.3 is 0 Å². The number of hydrogen-bond donors (Lipinski definition) is 3. The van der Waals surface area contributed by atoms with Gasteiger partial charge in [-0.15, -0.1) is 0 Å². The predicted octanol–water partition coefficient (Wildman–Crippen LogP) is -2.20. The molecule has 0 spiro atoms. The maximum Gasteiger partial charge on any atom is 0.275 e. The van der Waals surface area contributed by atoms with Crippen LogP contribution >= 0.6 is 0 Å². The summed E-state index contributed by atoms with van der Waals surface area (Å²) in [7, 11) is -3.82. The Bertz CT molecular complexity index is 279. The van der Waals surface area contributed by atoms with E-state index >= 15 is 0 Å². The molecule has 1 fully saturated rings. The molecule has 7 heteroatoms. The highest BCUT2D eigenvalue weighted by molar-refractivity contribution is 7.87. The monoisotopic (exact) mass is 179 g/mol. The van der Waals surface area contributed by atoms with Gasteiger partial charge in [0.2, 0.25) is 5.91 Å². The minimum atomic E-state index is -3.82. The number of hydrogen-bond acceptors (Lipinski definition) is 3. The molecule has 0 aromatic heterocycles. The maximum absolute atomic E-state index is 10.6. The first-order valence-electron chi connectivity index (χ1n) is 2.97. The van der Waals surface area contributed by atoms with Crippen LogP contribution in [0.4, 0.5) is 0 Å². The summed E-state index contributed by atoms with van der Waals surface area (Å²) in [6.45, 7) is 0. The average molecular weight is 179 g/mol. The van der Waals surface area contributed by atoms with Crippen LogP contribution in [0.3, 0.4) is 0 Å². The molecule has 0 saturated heterocycles. The smallest absolute Gasteiger partial charge is 0.275 e. The highest BCUT2D eigenvalue weighted by atomic mass is 32.2. The van der Waals surface area contributed by atoms with E-state index in [-0.39, 0.29) is 0 Å². The molecule has 0 unspecified atom stereocenters. The van der Waals surface area contributed by atoms with E-state index in [9.17, 15) is 13.2 Å². The number of nitrogens with two attached hydrogens (primary N) is 2. The van der Waals surface area contributed by atoms with Crippen molar-refractivity contribution in [2.24, 2.45) is 10.9 Å². The van der Waals surface area contributed by atoms with Gasteiger partial charge in [0.25, 0.3) is 10.2 Å². The van der Waals surface area contributed by atoms with Crippen LogP contribution in [-0.2, 0) is 15.0 Å². The maximum atomic E-state index is 10.6. The molecule has 0 heterocycles. The first-order chi connectivity index (χ1) is 4.86. The Morgan fingerprint density at radius 2 is 1.91 bits per heavy atom. The molecular weight excluding hydrogens is 170 g/mol. The van der Waals surface area contributed by atoms with Gasteiger partial charge in [0.1, 0.15) is 5.54 Å². The molecule has 0 atom stereocenters. The van der Waals surface area contributed by atoms with E-state index in [1.54, 1.807) is 0 Å². The zero-order valence-electron chi connectivity index (χ0n) is 5.70. The molecule has 11 heavy (non-hydrogen) atoms. The van der Waals surface area contributed by atoms with E-state index in [4.69, 9.17) is 5.73 Å². The van der Waals surface area contributed by atoms with Crippen LogP contribution in [0.25, 0.3) is 0 Å². The molecule has 1 aliphatic rings. The van der Waals surface area contributed by atoms with Gasteiger partial charge in [0.05, 0.1) is 0 Å². The lowest BCUT2D eigenvalue weighted by molar-refractivity contribution is -0.120. The first kappa shape index (κ1) is 8.44. The largest absolute Gasteiger partial charge is 0.368 e. The van der Waals surface area contributed by atoms with Crippen molar-refractivity contribution in [3.8, 4) is 0 Å². The molecule has 1 amide bonds. The summed E-state index contributed by atoms with van der Waals surface area (Å²) in [6, 6.07) is 0. The average Bonchev–Trinajstić information content (AvgIpc) is 2.43. The van der Waals surface area contributed by atoms with E-state index in [1.165, 1.54) is 0 Å². The number of primary amides is 1. The highest BCUT2D eigenvalue weighted by Crippen LogP contribution is 2.35. The van der Waals surface area contributed by atoms with Gasteiger partial charge in [-0.2, -0.15) is 13.1 Å². The molecule has 1 rings (SSSR count). The lowest BCUT2D eigenvalue weighted by Crippen LogP contribution is -2.49. The van der Waals surface area contributed by atoms with Crippen LogP contribution in [0.15, 0.2) is 0 Å². The van der Waals surface area contributed by atoms with Crippen molar-refractivity contribution in [1.82, 2.24) is 4.72 Å². The van der Waals surface area contributed by atoms with Gasteiger partial charge in [-0.1, -0.05) is 0 Å². The fourth-order valence-electron chi connectivity index (χ4n) is 0.796. The van der Waals surface area contributed by atoms with E-state index < -0.39 is 21.7 Å². The van der Waals surface area contributed by atoms with Crippen molar-refractivity contribution in [2.45, 2.75) is 18.4 Å². The fraction of sp³-hybridized carbons (Fsp3) is 0.750. The van der Waals surface area contributed by atoms with Crippen molar-refractivity contribution < 1.29 is 13.2 Å². The van der Waals surface area contributed by atoms with Gasteiger partial charge in [0, 0.05) is 0 Å². The zero-order valence-corrected chi connectivity index (χ0v) is 6.52. The molecule has 1 saturated carbocycles. The Morgan fingerprint density at radius 3 is 2.00 bits per heavy atom. The van der Waals surface area contributed by atoms with Crippen LogP contribution in [0, 0.1) is 0 Å². The second kappa shape index (κ2) is 2.16. The van der Waals surface area contributed by atoms with E-state index in [0.29, 0.717) is 12.8 Å². The van der Waals surface area contributed by atoms with Crippen LogP contribution in [0.2, 0.25) is 0 Å². The Morgan fingerprint density at radius 1 is 1.45 bits per heavy atom. The topological polar surface area (TPSA) is 115 Å². The minimum absolute atomic E-state index is 0.429. The predicted molar refractivity (Wildman–Crippen MR) is 37.4 cm³/mol. The molecule has 0 aromatic rings. The highest BCUT2D eigenvalue weighted by Gasteiger charge is 2.50. The summed E-state index contributed by atoms with van der Waals surface area (Å²) in [5, 5.41) is 4.65. The second-order valence-corrected chi connectivity index (χ2v) is 3.89. The molecule has 5 N–H and O–H groups in total. The number of amides is 1. The van der Waals surface area contributed by atoms with E-state index in [1.807, 2.05) is 4.72 Å². The third-order valence-corrected chi connectivity index (χ3v) is 2.23. The zero-order chi connectivity index (χ0) is 8.70. The first-order valence-corrected chi connectivity index (χ1v) is 4.52. The summed E-state index contributed by atoms with van der Waals surface area (Å²) >= 11 is 0. The van der Waals surface area contributed by atoms with Gasteiger partial charge < -0.3 is 5.73 Å². The van der Waals surface area contributed by atoms with Gasteiger partial charge in [-0.25, -0.2) is 5.14 Å². The van der Waals surface area contributed by atoms with Crippen molar-refractivity contribution in [1.29, 1.82) is 0 Å². The lowest BCUT2D eigenvalue weighted by Gasteiger charge is -2.09. The lowest BCUT2D eigenvalue weighted by atomic mass is 10.3. The molecule has 1 aliphatic carbocycles. The molecular formula is C4H9N3O3S. The van der Waals surface area contributed by atoms with Gasteiger partial charge in [-0.05, 0) is 12.8 Å². The quantitative estimate of drug-likeness (QED) is 0.456. The molecule has 64 valence electrons. The number of nitrogens with one attached hydrogen (secondary N) is 1. The van der Waals surface area contributed by atoms with Crippen LogP contribution in [-0.4, -0.2) is 19.9 Å². The second-order valence-electron chi connectivity index (χ2n) is 2.59. The fourth-order valence-corrected chi connectivity index (χ4v) is 1.65. The SMILES string of the molecule is NC(=O)C1(NS(N)(=O)=O)CC1. The van der Waals surface area contributed by atoms with Crippen molar-refractivity contribution in [2.75, 3.05) is 0 Å².